The highest BCUT2D eigenvalue weighted by Crippen LogP contribution is 2.19. The van der Waals surface area contributed by atoms with Gasteiger partial charge in [-0.2, -0.15) is 0 Å². The van der Waals surface area contributed by atoms with Gasteiger partial charge >= 0.3 is 0 Å². The molecule has 1 aromatic heterocycles. The molecule has 3 nitrogen and oxygen atoms in total. The van der Waals surface area contributed by atoms with Crippen molar-refractivity contribution in [2.75, 3.05) is 12.4 Å². The zero-order valence-corrected chi connectivity index (χ0v) is 11.9. The Morgan fingerprint density at radius 3 is 2.95 bits per heavy atom. The standard InChI is InChI=1S/C15H19ClN2O/c1-12-11-13-5-2-3-6-14(13)18(12)10-4-9-17-15(19)7-8-16/h2-3,5-6,11H,4,7-10H2,1H3,(H,17,19). The first-order valence-electron chi connectivity index (χ1n) is 6.60. The van der Waals surface area contributed by atoms with E-state index in [1.165, 1.54) is 16.6 Å². The van der Waals surface area contributed by atoms with Crippen molar-refractivity contribution in [3.8, 4) is 0 Å². The number of aryl methyl sites for hydroxylation is 2. The van der Waals surface area contributed by atoms with Crippen molar-refractivity contribution in [3.05, 3.63) is 36.0 Å². The van der Waals surface area contributed by atoms with E-state index in [1.54, 1.807) is 0 Å². The van der Waals surface area contributed by atoms with Crippen LogP contribution in [0.1, 0.15) is 18.5 Å². The zero-order chi connectivity index (χ0) is 13.7. The average Bonchev–Trinajstić information content (AvgIpc) is 2.71. The number of halogens is 1. The number of nitrogens with one attached hydrogen (secondary N) is 1. The molecular weight excluding hydrogens is 260 g/mol. The van der Waals surface area contributed by atoms with Gasteiger partial charge in [-0.05, 0) is 30.9 Å². The number of fused-ring (bicyclic) bond motifs is 1. The smallest absolute Gasteiger partial charge is 0.221 e. The molecule has 19 heavy (non-hydrogen) atoms. The number of benzene rings is 1. The van der Waals surface area contributed by atoms with Crippen LogP contribution in [0.2, 0.25) is 0 Å². The van der Waals surface area contributed by atoms with Crippen LogP contribution in [0.15, 0.2) is 30.3 Å². The highest BCUT2D eigenvalue weighted by Gasteiger charge is 2.04. The first kappa shape index (κ1) is 13.9. The van der Waals surface area contributed by atoms with Crippen LogP contribution in [0.4, 0.5) is 0 Å². The third kappa shape index (κ3) is 3.51. The monoisotopic (exact) mass is 278 g/mol. The van der Waals surface area contributed by atoms with E-state index in [4.69, 9.17) is 11.6 Å². The normalized spacial score (nSPS) is 10.8. The number of rotatable bonds is 6. The highest BCUT2D eigenvalue weighted by molar-refractivity contribution is 6.18. The molecule has 1 amide bonds. The first-order valence-corrected chi connectivity index (χ1v) is 7.13. The molecule has 4 heteroatoms. The number of para-hydroxylation sites is 1. The molecule has 0 bridgehead atoms. The quantitative estimate of drug-likeness (QED) is 0.639. The van der Waals surface area contributed by atoms with E-state index in [9.17, 15) is 4.79 Å². The summed E-state index contributed by atoms with van der Waals surface area (Å²) in [6.45, 7) is 3.73. The Balaban J connectivity index is 1.91. The van der Waals surface area contributed by atoms with E-state index in [1.807, 2.05) is 0 Å². The Kier molecular flexibility index (Phi) is 4.86. The number of carbonyl (C=O) groups excluding carboxylic acids is 1. The Labute approximate surface area is 118 Å². The second kappa shape index (κ2) is 6.62. The third-order valence-electron chi connectivity index (χ3n) is 3.22. The number of hydrogen-bond donors (Lipinski definition) is 1. The topological polar surface area (TPSA) is 34.0 Å². The summed E-state index contributed by atoms with van der Waals surface area (Å²) in [5.41, 5.74) is 2.51. The Morgan fingerprint density at radius 2 is 2.16 bits per heavy atom. The van der Waals surface area contributed by atoms with Crippen molar-refractivity contribution < 1.29 is 4.79 Å². The Morgan fingerprint density at radius 1 is 1.37 bits per heavy atom. The fourth-order valence-electron chi connectivity index (χ4n) is 2.28. The summed E-state index contributed by atoms with van der Waals surface area (Å²) in [4.78, 5) is 11.3. The highest BCUT2D eigenvalue weighted by atomic mass is 35.5. The minimum absolute atomic E-state index is 0.0316. The molecule has 0 aliphatic rings. The average molecular weight is 279 g/mol. The molecule has 0 spiro atoms. The maximum absolute atomic E-state index is 11.3. The molecule has 1 aromatic carbocycles. The van der Waals surface area contributed by atoms with Gasteiger partial charge in [0.15, 0.2) is 0 Å². The van der Waals surface area contributed by atoms with Crippen molar-refractivity contribution in [2.24, 2.45) is 0 Å². The van der Waals surface area contributed by atoms with Gasteiger partial charge in [0.05, 0.1) is 0 Å². The maximum Gasteiger partial charge on any atom is 0.221 e. The number of hydrogen-bond acceptors (Lipinski definition) is 1. The second-order valence-electron chi connectivity index (χ2n) is 4.64. The lowest BCUT2D eigenvalue weighted by Gasteiger charge is -2.09. The van der Waals surface area contributed by atoms with Gasteiger partial charge in [-0.3, -0.25) is 4.79 Å². The van der Waals surface area contributed by atoms with Gasteiger partial charge in [0, 0.05) is 36.6 Å². The molecule has 0 unspecified atom stereocenters. The van der Waals surface area contributed by atoms with E-state index in [-0.39, 0.29) is 5.91 Å². The van der Waals surface area contributed by atoms with Gasteiger partial charge in [0.2, 0.25) is 5.91 Å². The summed E-state index contributed by atoms with van der Waals surface area (Å²) in [6.07, 6.45) is 1.32. The summed E-state index contributed by atoms with van der Waals surface area (Å²) in [5, 5.41) is 4.15. The fraction of sp³-hybridized carbons (Fsp3) is 0.400. The molecule has 2 aromatic rings. The molecule has 0 fully saturated rings. The van der Waals surface area contributed by atoms with Crippen molar-refractivity contribution in [1.82, 2.24) is 9.88 Å². The first-order chi connectivity index (χ1) is 9.22. The number of carbonyl (C=O) groups is 1. The van der Waals surface area contributed by atoms with Crippen LogP contribution in [0.3, 0.4) is 0 Å². The minimum Gasteiger partial charge on any atom is -0.356 e. The molecule has 1 heterocycles. The van der Waals surface area contributed by atoms with E-state index >= 15 is 0 Å². The summed E-state index contributed by atoms with van der Waals surface area (Å²) in [5.74, 6) is 0.414. The molecule has 0 aliphatic carbocycles. The van der Waals surface area contributed by atoms with E-state index in [0.29, 0.717) is 18.8 Å². The largest absolute Gasteiger partial charge is 0.356 e. The Bertz CT molecular complexity index is 562. The zero-order valence-electron chi connectivity index (χ0n) is 11.2. The van der Waals surface area contributed by atoms with Crippen molar-refractivity contribution in [3.63, 3.8) is 0 Å². The molecule has 1 N–H and O–H groups in total. The van der Waals surface area contributed by atoms with Gasteiger partial charge in [0.1, 0.15) is 0 Å². The molecular formula is C15H19ClN2O. The SMILES string of the molecule is Cc1cc2ccccc2n1CCCNC(=O)CCCl. The van der Waals surface area contributed by atoms with Gasteiger partial charge in [-0.1, -0.05) is 18.2 Å². The maximum atomic E-state index is 11.3. The van der Waals surface area contributed by atoms with Crippen LogP contribution in [0, 0.1) is 6.92 Å². The van der Waals surface area contributed by atoms with Crippen molar-refractivity contribution in [2.45, 2.75) is 26.3 Å². The summed E-state index contributed by atoms with van der Waals surface area (Å²) >= 11 is 5.51. The lowest BCUT2D eigenvalue weighted by atomic mass is 10.2. The third-order valence-corrected chi connectivity index (χ3v) is 3.41. The van der Waals surface area contributed by atoms with E-state index < -0.39 is 0 Å². The van der Waals surface area contributed by atoms with Crippen LogP contribution in [0.25, 0.3) is 10.9 Å². The van der Waals surface area contributed by atoms with Gasteiger partial charge in [0.25, 0.3) is 0 Å². The van der Waals surface area contributed by atoms with Gasteiger partial charge < -0.3 is 9.88 Å². The van der Waals surface area contributed by atoms with Gasteiger partial charge in [-0.15, -0.1) is 11.6 Å². The number of nitrogens with zero attached hydrogens (tertiary/aromatic N) is 1. The molecule has 0 radical (unpaired) electrons. The van der Waals surface area contributed by atoms with Crippen LogP contribution < -0.4 is 5.32 Å². The second-order valence-corrected chi connectivity index (χ2v) is 5.02. The van der Waals surface area contributed by atoms with E-state index in [2.05, 4.69) is 47.1 Å². The number of aromatic nitrogens is 1. The molecule has 102 valence electrons. The number of alkyl halides is 1. The van der Waals surface area contributed by atoms with Crippen LogP contribution >= 0.6 is 11.6 Å². The predicted molar refractivity (Wildman–Crippen MR) is 79.6 cm³/mol. The summed E-state index contributed by atoms with van der Waals surface area (Å²) in [7, 11) is 0. The van der Waals surface area contributed by atoms with Gasteiger partial charge in [-0.25, -0.2) is 0 Å². The summed E-state index contributed by atoms with van der Waals surface area (Å²) < 4.78 is 2.29. The van der Waals surface area contributed by atoms with Crippen molar-refractivity contribution >= 4 is 28.4 Å². The molecule has 0 saturated heterocycles. The van der Waals surface area contributed by atoms with Crippen LogP contribution in [-0.4, -0.2) is 22.9 Å². The summed E-state index contributed by atoms with van der Waals surface area (Å²) in [6, 6.07) is 10.6. The Hall–Kier alpha value is -1.48. The molecule has 0 aliphatic heterocycles. The molecule has 0 atom stereocenters. The molecule has 0 saturated carbocycles. The minimum atomic E-state index is 0.0316. The fourth-order valence-corrected chi connectivity index (χ4v) is 2.46. The van der Waals surface area contributed by atoms with Crippen LogP contribution in [-0.2, 0) is 11.3 Å². The number of amides is 1. The molecule has 2 rings (SSSR count). The van der Waals surface area contributed by atoms with E-state index in [0.717, 1.165) is 13.0 Å². The lowest BCUT2D eigenvalue weighted by Crippen LogP contribution is -2.25. The van der Waals surface area contributed by atoms with Crippen LogP contribution in [0.5, 0.6) is 0 Å². The predicted octanol–water partition coefficient (Wildman–Crippen LogP) is 3.08. The lowest BCUT2D eigenvalue weighted by molar-refractivity contribution is -0.120. The van der Waals surface area contributed by atoms with Crippen molar-refractivity contribution in [1.29, 1.82) is 0 Å².